The minimum atomic E-state index is -4.31. The Morgan fingerprint density at radius 1 is 0.938 bits per heavy atom. The highest BCUT2D eigenvalue weighted by Crippen LogP contribution is 2.16. The van der Waals surface area contributed by atoms with Crippen LogP contribution < -0.4 is 15.4 Å². The number of nitrogens with zero attached hydrogens (tertiary/aromatic N) is 1. The lowest BCUT2D eigenvalue weighted by atomic mass is 10.1. The lowest BCUT2D eigenvalue weighted by Gasteiger charge is -2.13. The van der Waals surface area contributed by atoms with Crippen molar-refractivity contribution in [1.82, 2.24) is 10.6 Å². The zero-order valence-corrected chi connectivity index (χ0v) is 20.4. The summed E-state index contributed by atoms with van der Waals surface area (Å²) < 4.78 is 51.6. The van der Waals surface area contributed by atoms with Crippen molar-refractivity contribution in [2.24, 2.45) is 4.99 Å². The molecule has 0 aliphatic rings. The number of nitrogens with one attached hydrogen (secondary N) is 2. The maximum atomic E-state index is 12.1. The second-order valence-electron chi connectivity index (χ2n) is 6.69. The van der Waals surface area contributed by atoms with Crippen molar-refractivity contribution in [1.29, 1.82) is 0 Å². The average molecular weight is 567 g/mol. The molecule has 0 aromatic heterocycles. The highest BCUT2D eigenvalue weighted by atomic mass is 127. The Balaban J connectivity index is 0.00000512. The van der Waals surface area contributed by atoms with Gasteiger partial charge < -0.3 is 24.8 Å². The number of ether oxygens (including phenoxy) is 3. The lowest BCUT2D eigenvalue weighted by Crippen LogP contribution is -2.36. The van der Waals surface area contributed by atoms with E-state index in [1.165, 1.54) is 0 Å². The number of halogens is 4. The quantitative estimate of drug-likeness (QED) is 0.184. The number of rotatable bonds is 11. The molecule has 0 aliphatic heterocycles. The molecule has 0 atom stereocenters. The topological polar surface area (TPSA) is 64.1 Å². The number of hydrogen-bond donors (Lipinski definition) is 2. The van der Waals surface area contributed by atoms with Crippen LogP contribution >= 0.6 is 24.0 Å². The number of aliphatic imine (C=N–C) groups is 1. The standard InChI is InChI=1S/C22H28F3N3O3.HI/c1-26-21(28-14-19-4-3-5-20(12-19)31-11-10-29-2)27-13-17-6-8-18(9-7-17)15-30-16-22(23,24)25;/h3-9,12H,10-11,13-16H2,1-2H3,(H2,26,27,28);1H. The summed E-state index contributed by atoms with van der Waals surface area (Å²) in [7, 11) is 3.31. The third-order valence-electron chi connectivity index (χ3n) is 4.16. The molecule has 0 aliphatic carbocycles. The van der Waals surface area contributed by atoms with E-state index in [2.05, 4.69) is 20.4 Å². The lowest BCUT2D eigenvalue weighted by molar-refractivity contribution is -0.176. The highest BCUT2D eigenvalue weighted by molar-refractivity contribution is 14.0. The Morgan fingerprint density at radius 2 is 1.59 bits per heavy atom. The number of alkyl halides is 3. The fourth-order valence-electron chi connectivity index (χ4n) is 2.62. The van der Waals surface area contributed by atoms with Crippen LogP contribution in [0.25, 0.3) is 0 Å². The van der Waals surface area contributed by atoms with Crippen molar-refractivity contribution in [3.63, 3.8) is 0 Å². The molecule has 0 saturated heterocycles. The monoisotopic (exact) mass is 567 g/mol. The van der Waals surface area contributed by atoms with Crippen molar-refractivity contribution in [3.05, 3.63) is 65.2 Å². The maximum Gasteiger partial charge on any atom is 0.411 e. The summed E-state index contributed by atoms with van der Waals surface area (Å²) in [5.41, 5.74) is 2.69. The van der Waals surface area contributed by atoms with Crippen LogP contribution in [-0.2, 0) is 29.2 Å². The molecule has 2 aromatic rings. The smallest absolute Gasteiger partial charge is 0.411 e. The molecule has 2 N–H and O–H groups in total. The van der Waals surface area contributed by atoms with Crippen LogP contribution in [0.1, 0.15) is 16.7 Å². The van der Waals surface area contributed by atoms with E-state index in [1.54, 1.807) is 26.3 Å². The van der Waals surface area contributed by atoms with Gasteiger partial charge in [-0.25, -0.2) is 0 Å². The highest BCUT2D eigenvalue weighted by Gasteiger charge is 2.27. The molecule has 0 spiro atoms. The number of methoxy groups -OCH3 is 1. The normalized spacial score (nSPS) is 11.6. The molecule has 0 saturated carbocycles. The molecular weight excluding hydrogens is 538 g/mol. The van der Waals surface area contributed by atoms with Crippen LogP contribution in [-0.4, -0.2) is 46.1 Å². The molecule has 0 unspecified atom stereocenters. The summed E-state index contributed by atoms with van der Waals surface area (Å²) in [5.74, 6) is 1.40. The largest absolute Gasteiger partial charge is 0.491 e. The first kappa shape index (κ1) is 28.0. The third-order valence-corrected chi connectivity index (χ3v) is 4.16. The first-order valence-electron chi connectivity index (χ1n) is 9.77. The van der Waals surface area contributed by atoms with Crippen LogP contribution in [0, 0.1) is 0 Å². The van der Waals surface area contributed by atoms with Gasteiger partial charge in [0.25, 0.3) is 0 Å². The molecule has 178 valence electrons. The molecule has 0 fully saturated rings. The Morgan fingerprint density at radius 3 is 2.22 bits per heavy atom. The predicted octanol–water partition coefficient (Wildman–Crippen LogP) is 4.27. The van der Waals surface area contributed by atoms with Crippen LogP contribution in [0.15, 0.2) is 53.5 Å². The van der Waals surface area contributed by atoms with Gasteiger partial charge in [0.2, 0.25) is 0 Å². The van der Waals surface area contributed by atoms with Gasteiger partial charge in [0, 0.05) is 27.2 Å². The first-order valence-corrected chi connectivity index (χ1v) is 9.77. The fraction of sp³-hybridized carbons (Fsp3) is 0.409. The Hall–Kier alpha value is -2.05. The zero-order chi connectivity index (χ0) is 22.5. The van der Waals surface area contributed by atoms with E-state index in [1.807, 2.05) is 36.4 Å². The summed E-state index contributed by atoms with van der Waals surface area (Å²) in [5, 5.41) is 6.44. The summed E-state index contributed by atoms with van der Waals surface area (Å²) in [4.78, 5) is 4.20. The summed E-state index contributed by atoms with van der Waals surface area (Å²) in [6.45, 7) is 0.774. The van der Waals surface area contributed by atoms with E-state index >= 15 is 0 Å². The molecule has 0 radical (unpaired) electrons. The van der Waals surface area contributed by atoms with Gasteiger partial charge in [0.15, 0.2) is 5.96 Å². The van der Waals surface area contributed by atoms with Crippen LogP contribution in [0.4, 0.5) is 13.2 Å². The van der Waals surface area contributed by atoms with Crippen molar-refractivity contribution in [3.8, 4) is 5.75 Å². The van der Waals surface area contributed by atoms with Gasteiger partial charge in [0.05, 0.1) is 13.2 Å². The molecule has 10 heteroatoms. The van der Waals surface area contributed by atoms with E-state index in [-0.39, 0.29) is 30.6 Å². The minimum absolute atomic E-state index is 0. The van der Waals surface area contributed by atoms with E-state index < -0.39 is 12.8 Å². The van der Waals surface area contributed by atoms with Gasteiger partial charge in [0.1, 0.15) is 19.0 Å². The maximum absolute atomic E-state index is 12.1. The molecular formula is C22H29F3IN3O3. The minimum Gasteiger partial charge on any atom is -0.491 e. The average Bonchev–Trinajstić information content (AvgIpc) is 2.74. The van der Waals surface area contributed by atoms with Crippen molar-refractivity contribution in [2.75, 3.05) is 34.0 Å². The number of hydrogen-bond acceptors (Lipinski definition) is 4. The SMILES string of the molecule is CN=C(NCc1ccc(COCC(F)(F)F)cc1)NCc1cccc(OCCOC)c1.I. The fourth-order valence-corrected chi connectivity index (χ4v) is 2.62. The van der Waals surface area contributed by atoms with Crippen LogP contribution in [0.5, 0.6) is 5.75 Å². The van der Waals surface area contributed by atoms with Crippen molar-refractivity contribution >= 4 is 29.9 Å². The summed E-state index contributed by atoms with van der Waals surface area (Å²) >= 11 is 0. The van der Waals surface area contributed by atoms with Gasteiger partial charge in [-0.05, 0) is 28.8 Å². The van der Waals surface area contributed by atoms with E-state index in [0.717, 1.165) is 16.9 Å². The van der Waals surface area contributed by atoms with Gasteiger partial charge in [-0.1, -0.05) is 36.4 Å². The van der Waals surface area contributed by atoms with Gasteiger partial charge >= 0.3 is 6.18 Å². The number of benzene rings is 2. The molecule has 32 heavy (non-hydrogen) atoms. The van der Waals surface area contributed by atoms with E-state index in [4.69, 9.17) is 9.47 Å². The Kier molecular flexibility index (Phi) is 13.0. The van der Waals surface area contributed by atoms with Crippen molar-refractivity contribution in [2.45, 2.75) is 25.9 Å². The molecule has 6 nitrogen and oxygen atoms in total. The van der Waals surface area contributed by atoms with Crippen LogP contribution in [0.2, 0.25) is 0 Å². The van der Waals surface area contributed by atoms with E-state index in [0.29, 0.717) is 37.8 Å². The second-order valence-corrected chi connectivity index (χ2v) is 6.69. The zero-order valence-electron chi connectivity index (χ0n) is 18.1. The predicted molar refractivity (Wildman–Crippen MR) is 128 cm³/mol. The second kappa shape index (κ2) is 14.9. The molecule has 2 aromatic carbocycles. The molecule has 0 amide bonds. The third kappa shape index (κ3) is 11.5. The Labute approximate surface area is 203 Å². The van der Waals surface area contributed by atoms with Crippen molar-refractivity contribution < 1.29 is 27.4 Å². The number of guanidine groups is 1. The van der Waals surface area contributed by atoms with Gasteiger partial charge in [-0.3, -0.25) is 4.99 Å². The summed E-state index contributed by atoms with van der Waals surface area (Å²) in [6, 6.07) is 14.9. The molecule has 0 heterocycles. The van der Waals surface area contributed by atoms with Gasteiger partial charge in [-0.15, -0.1) is 24.0 Å². The Bertz CT molecular complexity index is 818. The van der Waals surface area contributed by atoms with E-state index in [9.17, 15) is 13.2 Å². The molecule has 2 rings (SSSR count). The van der Waals surface area contributed by atoms with Crippen LogP contribution in [0.3, 0.4) is 0 Å². The van der Waals surface area contributed by atoms with Gasteiger partial charge in [-0.2, -0.15) is 13.2 Å². The molecule has 0 bridgehead atoms. The first-order chi connectivity index (χ1) is 14.9. The summed E-state index contributed by atoms with van der Waals surface area (Å²) in [6.07, 6.45) is -4.31.